The summed E-state index contributed by atoms with van der Waals surface area (Å²) in [5.41, 5.74) is 7.77. The number of para-hydroxylation sites is 1. The monoisotopic (exact) mass is 529 g/mol. The number of aryl methyl sites for hydroxylation is 3. The lowest BCUT2D eigenvalue weighted by atomic mass is 9.86. The molecule has 12 heteroatoms. The van der Waals surface area contributed by atoms with Crippen molar-refractivity contribution in [2.45, 2.75) is 26.3 Å². The highest BCUT2D eigenvalue weighted by Gasteiger charge is 2.37. The van der Waals surface area contributed by atoms with Crippen LogP contribution in [-0.4, -0.2) is 54.3 Å². The van der Waals surface area contributed by atoms with Crippen LogP contribution in [0.15, 0.2) is 61.4 Å². The molecule has 1 aromatic carbocycles. The highest BCUT2D eigenvalue weighted by atomic mass is 16.5. The van der Waals surface area contributed by atoms with Crippen molar-refractivity contribution in [2.24, 2.45) is 7.05 Å². The molecule has 1 N–H and O–H groups in total. The van der Waals surface area contributed by atoms with Crippen molar-refractivity contribution in [3.8, 4) is 34.4 Å². The second kappa shape index (κ2) is 8.30. The largest absolute Gasteiger partial charge is 0.418 e. The molecule has 0 fully saturated rings. The molecule has 0 unspecified atom stereocenters. The summed E-state index contributed by atoms with van der Waals surface area (Å²) in [5.74, 6) is 1.29. The highest BCUT2D eigenvalue weighted by molar-refractivity contribution is 5.95. The Hall–Kier alpha value is -5.39. The van der Waals surface area contributed by atoms with Crippen LogP contribution in [0.1, 0.15) is 35.2 Å². The lowest BCUT2D eigenvalue weighted by molar-refractivity contribution is 0.416. The van der Waals surface area contributed by atoms with Gasteiger partial charge in [-0.25, -0.2) is 19.5 Å². The molecule has 0 bridgehead atoms. The zero-order valence-corrected chi connectivity index (χ0v) is 21.9. The van der Waals surface area contributed by atoms with Crippen LogP contribution in [0.3, 0.4) is 0 Å². The summed E-state index contributed by atoms with van der Waals surface area (Å²) < 4.78 is 11.5. The van der Waals surface area contributed by atoms with Gasteiger partial charge in [-0.15, -0.1) is 10.2 Å². The third-order valence-corrected chi connectivity index (χ3v) is 7.39. The zero-order chi connectivity index (χ0) is 27.0. The smallest absolute Gasteiger partial charge is 0.244 e. The van der Waals surface area contributed by atoms with Gasteiger partial charge in [-0.1, -0.05) is 18.2 Å². The first-order chi connectivity index (χ1) is 19.6. The fourth-order valence-corrected chi connectivity index (χ4v) is 5.48. The summed E-state index contributed by atoms with van der Waals surface area (Å²) in [6, 6.07) is 10.1. The van der Waals surface area contributed by atoms with E-state index >= 15 is 0 Å². The third-order valence-electron chi connectivity index (χ3n) is 7.39. The SMILES string of the molecule is CCn1cc(-c2cc(-c3nc4c5c(ncn4n3)Oc3n[nH]c(C)c3[C@@H]5c3cnn(C)c3)c3ccccc3n2)cn1. The van der Waals surface area contributed by atoms with Gasteiger partial charge >= 0.3 is 0 Å². The van der Waals surface area contributed by atoms with E-state index < -0.39 is 0 Å². The first kappa shape index (κ1) is 22.6. The predicted octanol–water partition coefficient (Wildman–Crippen LogP) is 4.27. The van der Waals surface area contributed by atoms with E-state index in [1.165, 1.54) is 0 Å². The fraction of sp³-hybridized carbons (Fsp3) is 0.179. The quantitative estimate of drug-likeness (QED) is 0.358. The molecule has 7 aromatic rings. The van der Waals surface area contributed by atoms with Crippen molar-refractivity contribution in [3.05, 3.63) is 83.8 Å². The van der Waals surface area contributed by atoms with Crippen LogP contribution in [0, 0.1) is 6.92 Å². The first-order valence-electron chi connectivity index (χ1n) is 13.0. The van der Waals surface area contributed by atoms with Gasteiger partial charge in [-0.05, 0) is 26.0 Å². The molecule has 1 aliphatic heterocycles. The van der Waals surface area contributed by atoms with Gasteiger partial charge in [0.15, 0.2) is 11.5 Å². The van der Waals surface area contributed by atoms with Crippen LogP contribution in [0.5, 0.6) is 11.8 Å². The van der Waals surface area contributed by atoms with Gasteiger partial charge in [0.1, 0.15) is 6.33 Å². The second-order valence-corrected chi connectivity index (χ2v) is 9.87. The lowest BCUT2D eigenvalue weighted by Gasteiger charge is -2.24. The molecule has 40 heavy (non-hydrogen) atoms. The van der Waals surface area contributed by atoms with Gasteiger partial charge in [0, 0.05) is 59.3 Å². The molecule has 0 amide bonds. The summed E-state index contributed by atoms with van der Waals surface area (Å²) in [5, 5.41) is 22.2. The Labute approximate surface area is 227 Å². The molecule has 1 aliphatic rings. The minimum Gasteiger partial charge on any atom is -0.418 e. The number of nitrogens with one attached hydrogen (secondary N) is 1. The van der Waals surface area contributed by atoms with Crippen molar-refractivity contribution in [2.75, 3.05) is 0 Å². The van der Waals surface area contributed by atoms with Crippen LogP contribution < -0.4 is 4.74 Å². The number of aromatic amines is 1. The summed E-state index contributed by atoms with van der Waals surface area (Å²) in [6.45, 7) is 4.82. The standard InChI is InChI=1S/C28H23N11O/c1-4-38-13-16(10-31-38)21-9-19(18-7-5-6-8-20(18)32-21)25-33-26-24-23(17-11-30-37(3)12-17)22-15(2)34-35-28(22)40-27(24)29-14-39(26)36-25/h5-14,23H,4H2,1-3H3,(H,34,35)/t23-/m0/s1. The van der Waals surface area contributed by atoms with E-state index in [0.29, 0.717) is 23.2 Å². The number of H-pyrrole nitrogens is 1. The van der Waals surface area contributed by atoms with Gasteiger partial charge in [-0.3, -0.25) is 14.5 Å². The van der Waals surface area contributed by atoms with E-state index in [2.05, 4.69) is 32.3 Å². The minimum absolute atomic E-state index is 0.232. The van der Waals surface area contributed by atoms with Crippen molar-refractivity contribution in [1.29, 1.82) is 0 Å². The van der Waals surface area contributed by atoms with Gasteiger partial charge in [0.2, 0.25) is 11.8 Å². The van der Waals surface area contributed by atoms with Crippen molar-refractivity contribution < 1.29 is 4.74 Å². The van der Waals surface area contributed by atoms with Gasteiger partial charge < -0.3 is 4.74 Å². The maximum Gasteiger partial charge on any atom is 0.244 e. The van der Waals surface area contributed by atoms with E-state index in [-0.39, 0.29) is 5.92 Å². The molecule has 6 aromatic heterocycles. The molecule has 12 nitrogen and oxygen atoms in total. The molecule has 0 aliphatic carbocycles. The van der Waals surface area contributed by atoms with E-state index in [4.69, 9.17) is 19.8 Å². The Morgan fingerprint density at radius 3 is 2.75 bits per heavy atom. The lowest BCUT2D eigenvalue weighted by Crippen LogP contribution is -2.14. The average molecular weight is 530 g/mol. The number of rotatable bonds is 4. The molecular weight excluding hydrogens is 506 g/mol. The second-order valence-electron chi connectivity index (χ2n) is 9.87. The first-order valence-corrected chi connectivity index (χ1v) is 13.0. The Bertz CT molecular complexity index is 2080. The summed E-state index contributed by atoms with van der Waals surface area (Å²) in [7, 11) is 1.90. The molecule has 0 saturated heterocycles. The van der Waals surface area contributed by atoms with E-state index in [1.54, 1.807) is 15.5 Å². The Kier molecular flexibility index (Phi) is 4.69. The zero-order valence-electron chi connectivity index (χ0n) is 21.9. The summed E-state index contributed by atoms with van der Waals surface area (Å²) >= 11 is 0. The summed E-state index contributed by atoms with van der Waals surface area (Å²) in [4.78, 5) is 14.6. The topological polar surface area (TPSA) is 130 Å². The van der Waals surface area contributed by atoms with E-state index in [9.17, 15) is 0 Å². The summed E-state index contributed by atoms with van der Waals surface area (Å²) in [6.07, 6.45) is 9.32. The number of fused-ring (bicyclic) bond motifs is 5. The molecule has 0 radical (unpaired) electrons. The van der Waals surface area contributed by atoms with E-state index in [1.807, 2.05) is 73.8 Å². The molecule has 196 valence electrons. The predicted molar refractivity (Wildman–Crippen MR) is 146 cm³/mol. The van der Waals surface area contributed by atoms with Crippen LogP contribution >= 0.6 is 0 Å². The molecule has 1 atom stereocenters. The molecule has 8 rings (SSSR count). The van der Waals surface area contributed by atoms with Crippen LogP contribution in [0.4, 0.5) is 0 Å². The van der Waals surface area contributed by atoms with Crippen molar-refractivity contribution >= 4 is 16.6 Å². The van der Waals surface area contributed by atoms with Crippen LogP contribution in [0.25, 0.3) is 39.2 Å². The van der Waals surface area contributed by atoms with Crippen molar-refractivity contribution in [3.63, 3.8) is 0 Å². The van der Waals surface area contributed by atoms with Crippen LogP contribution in [0.2, 0.25) is 0 Å². The van der Waals surface area contributed by atoms with Gasteiger partial charge in [-0.2, -0.15) is 10.2 Å². The van der Waals surface area contributed by atoms with Crippen molar-refractivity contribution in [1.82, 2.24) is 54.3 Å². The third kappa shape index (κ3) is 3.28. The van der Waals surface area contributed by atoms with E-state index in [0.717, 1.165) is 56.7 Å². The van der Waals surface area contributed by atoms with Crippen LogP contribution in [-0.2, 0) is 13.6 Å². The average Bonchev–Trinajstić information content (AvgIpc) is 3.78. The maximum absolute atomic E-state index is 6.16. The molecule has 0 spiro atoms. The molecule has 7 heterocycles. The Balaban J connectivity index is 1.36. The molecule has 0 saturated carbocycles. The van der Waals surface area contributed by atoms with Gasteiger partial charge in [0.25, 0.3) is 0 Å². The van der Waals surface area contributed by atoms with Gasteiger partial charge in [0.05, 0.1) is 35.1 Å². The number of nitrogens with zero attached hydrogens (tertiary/aromatic N) is 10. The number of benzene rings is 1. The molecular formula is C28H23N11O. The highest BCUT2D eigenvalue weighted by Crippen LogP contribution is 2.48. The minimum atomic E-state index is -0.232. The Morgan fingerprint density at radius 1 is 1.02 bits per heavy atom. The number of hydrogen-bond donors (Lipinski definition) is 1. The number of pyridine rings is 1. The number of aromatic nitrogens is 11. The number of ether oxygens (including phenoxy) is 1. The normalized spacial score (nSPS) is 14.4. The maximum atomic E-state index is 6.16. The fourth-order valence-electron chi connectivity index (χ4n) is 5.48. The Morgan fingerprint density at radius 2 is 1.93 bits per heavy atom. The number of hydrogen-bond acceptors (Lipinski definition) is 8.